The lowest BCUT2D eigenvalue weighted by atomic mass is 10.3. The van der Waals surface area contributed by atoms with Gasteiger partial charge in [0.1, 0.15) is 0 Å². The number of thiazole rings is 1. The summed E-state index contributed by atoms with van der Waals surface area (Å²) in [4.78, 5) is 16.5. The second-order valence-corrected chi connectivity index (χ2v) is 6.47. The van der Waals surface area contributed by atoms with Gasteiger partial charge in [0.2, 0.25) is 0 Å². The van der Waals surface area contributed by atoms with Gasteiger partial charge in [-0.3, -0.25) is 0 Å². The predicted molar refractivity (Wildman–Crippen MR) is 85.6 cm³/mol. The molecule has 0 saturated heterocycles. The first kappa shape index (κ1) is 14.5. The maximum absolute atomic E-state index is 11.5. The Kier molecular flexibility index (Phi) is 4.64. The molecule has 0 aliphatic heterocycles. The highest BCUT2D eigenvalue weighted by molar-refractivity contribution is 14.1. The number of hydrogen-bond acceptors (Lipinski definition) is 5. The summed E-state index contributed by atoms with van der Waals surface area (Å²) in [6, 6.07) is 5.53. The third kappa shape index (κ3) is 3.37. The number of nitrogens with zero attached hydrogens (tertiary/aromatic N) is 1. The topological polar surface area (TPSA) is 51.2 Å². The van der Waals surface area contributed by atoms with Gasteiger partial charge in [-0.25, -0.2) is 9.78 Å². The predicted octanol–water partition coefficient (Wildman–Crippen LogP) is 4.24. The summed E-state index contributed by atoms with van der Waals surface area (Å²) in [7, 11) is 1.34. The van der Waals surface area contributed by atoms with Crippen LogP contribution in [0.3, 0.4) is 0 Å². The average Bonchev–Trinajstić information content (AvgIpc) is 2.73. The van der Waals surface area contributed by atoms with Crippen molar-refractivity contribution < 1.29 is 9.53 Å². The number of carbonyl (C=O) groups excluding carboxylic acids is 1. The standard InChI is InChI=1S/C12H10ClIN2O2S/c1-6-10(11(17)18-2)16-12(19-6)15-9-4-3-7(13)5-8(9)14/h3-5H,1-2H3,(H,15,16). The Bertz CT molecular complexity index is 630. The number of nitrogens with one attached hydrogen (secondary N) is 1. The summed E-state index contributed by atoms with van der Waals surface area (Å²) in [5, 5.41) is 4.51. The first-order valence-corrected chi connectivity index (χ1v) is 7.56. The van der Waals surface area contributed by atoms with Crippen LogP contribution in [0.1, 0.15) is 15.4 Å². The van der Waals surface area contributed by atoms with E-state index in [0.717, 1.165) is 14.1 Å². The van der Waals surface area contributed by atoms with Crippen LogP contribution in [0, 0.1) is 10.5 Å². The zero-order chi connectivity index (χ0) is 14.0. The third-order valence-electron chi connectivity index (χ3n) is 2.35. The van der Waals surface area contributed by atoms with Crippen molar-refractivity contribution in [2.75, 3.05) is 12.4 Å². The van der Waals surface area contributed by atoms with Crippen LogP contribution >= 0.6 is 45.5 Å². The lowest BCUT2D eigenvalue weighted by Crippen LogP contribution is -2.03. The molecule has 0 aliphatic rings. The molecule has 1 aromatic heterocycles. The van der Waals surface area contributed by atoms with E-state index in [-0.39, 0.29) is 0 Å². The van der Waals surface area contributed by atoms with Crippen LogP contribution < -0.4 is 5.32 Å². The van der Waals surface area contributed by atoms with Gasteiger partial charge >= 0.3 is 5.97 Å². The Morgan fingerprint density at radius 1 is 1.53 bits per heavy atom. The number of methoxy groups -OCH3 is 1. The Labute approximate surface area is 133 Å². The fraction of sp³-hybridized carbons (Fsp3) is 0.167. The molecule has 2 rings (SSSR count). The molecule has 1 N–H and O–H groups in total. The number of benzene rings is 1. The van der Waals surface area contributed by atoms with Crippen molar-refractivity contribution in [3.8, 4) is 0 Å². The Morgan fingerprint density at radius 2 is 2.26 bits per heavy atom. The molecule has 0 unspecified atom stereocenters. The first-order valence-electron chi connectivity index (χ1n) is 5.29. The van der Waals surface area contributed by atoms with Crippen LogP contribution in [0.15, 0.2) is 18.2 Å². The highest BCUT2D eigenvalue weighted by Crippen LogP contribution is 2.29. The van der Waals surface area contributed by atoms with E-state index in [9.17, 15) is 4.79 Å². The molecule has 4 nitrogen and oxygen atoms in total. The van der Waals surface area contributed by atoms with Crippen molar-refractivity contribution in [2.24, 2.45) is 0 Å². The molecule has 0 saturated carbocycles. The van der Waals surface area contributed by atoms with Gasteiger partial charge in [-0.15, -0.1) is 11.3 Å². The molecule has 0 amide bonds. The van der Waals surface area contributed by atoms with Crippen LogP contribution in [0.4, 0.5) is 10.8 Å². The molecule has 19 heavy (non-hydrogen) atoms. The molecule has 1 aromatic carbocycles. The van der Waals surface area contributed by atoms with E-state index in [0.29, 0.717) is 15.8 Å². The van der Waals surface area contributed by atoms with Gasteiger partial charge in [-0.2, -0.15) is 0 Å². The molecular formula is C12H10ClIN2O2S. The number of halogens is 2. The number of ether oxygens (including phenoxy) is 1. The Morgan fingerprint density at radius 3 is 2.89 bits per heavy atom. The summed E-state index contributed by atoms with van der Waals surface area (Å²) in [6.07, 6.45) is 0. The van der Waals surface area contributed by atoms with Crippen molar-refractivity contribution in [1.82, 2.24) is 4.98 Å². The van der Waals surface area contributed by atoms with E-state index < -0.39 is 5.97 Å². The maximum atomic E-state index is 11.5. The highest BCUT2D eigenvalue weighted by atomic mass is 127. The van der Waals surface area contributed by atoms with Crippen LogP contribution in [0.25, 0.3) is 0 Å². The van der Waals surface area contributed by atoms with Gasteiger partial charge in [0.15, 0.2) is 10.8 Å². The summed E-state index contributed by atoms with van der Waals surface area (Å²) in [6.45, 7) is 1.84. The minimum atomic E-state index is -0.424. The molecular weight excluding hydrogens is 399 g/mol. The number of aryl methyl sites for hydroxylation is 1. The molecule has 0 bridgehead atoms. The van der Waals surface area contributed by atoms with Crippen molar-refractivity contribution >= 4 is 62.3 Å². The molecule has 1 heterocycles. The van der Waals surface area contributed by atoms with Crippen LogP contribution in [-0.2, 0) is 4.74 Å². The monoisotopic (exact) mass is 408 g/mol. The van der Waals surface area contributed by atoms with Crippen molar-refractivity contribution in [2.45, 2.75) is 6.92 Å². The molecule has 0 aliphatic carbocycles. The molecule has 0 spiro atoms. The third-order valence-corrected chi connectivity index (χ3v) is 4.36. The van der Waals surface area contributed by atoms with E-state index in [1.54, 1.807) is 6.07 Å². The van der Waals surface area contributed by atoms with Crippen molar-refractivity contribution in [3.05, 3.63) is 37.4 Å². The van der Waals surface area contributed by atoms with Crippen LogP contribution in [-0.4, -0.2) is 18.1 Å². The van der Waals surface area contributed by atoms with Gasteiger partial charge < -0.3 is 10.1 Å². The Hall–Kier alpha value is -0.860. The minimum Gasteiger partial charge on any atom is -0.464 e. The number of aromatic nitrogens is 1. The van der Waals surface area contributed by atoms with Crippen molar-refractivity contribution in [1.29, 1.82) is 0 Å². The van der Waals surface area contributed by atoms with Gasteiger partial charge in [0.25, 0.3) is 0 Å². The van der Waals surface area contributed by atoms with E-state index in [1.165, 1.54) is 18.4 Å². The average molecular weight is 409 g/mol. The molecule has 0 atom stereocenters. The summed E-state index contributed by atoms with van der Waals surface area (Å²) >= 11 is 9.50. The number of rotatable bonds is 3. The zero-order valence-electron chi connectivity index (χ0n) is 10.2. The Balaban J connectivity index is 2.26. The maximum Gasteiger partial charge on any atom is 0.357 e. The number of anilines is 2. The summed E-state index contributed by atoms with van der Waals surface area (Å²) < 4.78 is 5.66. The quantitative estimate of drug-likeness (QED) is 0.610. The first-order chi connectivity index (χ1) is 9.01. The number of esters is 1. The number of hydrogen-bond donors (Lipinski definition) is 1. The fourth-order valence-electron chi connectivity index (χ4n) is 1.44. The van der Waals surface area contributed by atoms with Gasteiger partial charge in [0.05, 0.1) is 12.8 Å². The molecule has 2 aromatic rings. The second kappa shape index (κ2) is 6.06. The van der Waals surface area contributed by atoms with E-state index in [1.807, 2.05) is 19.1 Å². The SMILES string of the molecule is COC(=O)c1nc(Nc2ccc(Cl)cc2I)sc1C. The van der Waals surface area contributed by atoms with E-state index >= 15 is 0 Å². The molecule has 7 heteroatoms. The van der Waals surface area contributed by atoms with Crippen LogP contribution in [0.5, 0.6) is 0 Å². The highest BCUT2D eigenvalue weighted by Gasteiger charge is 2.16. The minimum absolute atomic E-state index is 0.346. The lowest BCUT2D eigenvalue weighted by molar-refractivity contribution is 0.0594. The largest absolute Gasteiger partial charge is 0.464 e. The smallest absolute Gasteiger partial charge is 0.357 e. The van der Waals surface area contributed by atoms with Gasteiger partial charge in [-0.1, -0.05) is 11.6 Å². The van der Waals surface area contributed by atoms with Gasteiger partial charge in [-0.05, 0) is 47.7 Å². The van der Waals surface area contributed by atoms with E-state index in [2.05, 4.69) is 37.6 Å². The summed E-state index contributed by atoms with van der Waals surface area (Å²) in [5.41, 5.74) is 1.24. The molecule has 100 valence electrons. The fourth-order valence-corrected chi connectivity index (χ4v) is 3.26. The van der Waals surface area contributed by atoms with E-state index in [4.69, 9.17) is 11.6 Å². The second-order valence-electron chi connectivity index (χ2n) is 3.66. The van der Waals surface area contributed by atoms with Crippen LogP contribution in [0.2, 0.25) is 5.02 Å². The number of carbonyl (C=O) groups is 1. The van der Waals surface area contributed by atoms with Crippen molar-refractivity contribution in [3.63, 3.8) is 0 Å². The molecule has 0 fully saturated rings. The normalized spacial score (nSPS) is 10.3. The zero-order valence-corrected chi connectivity index (χ0v) is 13.9. The summed E-state index contributed by atoms with van der Waals surface area (Å²) in [5.74, 6) is -0.424. The lowest BCUT2D eigenvalue weighted by Gasteiger charge is -2.05. The molecule has 0 radical (unpaired) electrons. The van der Waals surface area contributed by atoms with Gasteiger partial charge in [0, 0.05) is 13.5 Å².